The molecule has 6 heteroatoms. The summed E-state index contributed by atoms with van der Waals surface area (Å²) in [6.07, 6.45) is 4.92. The Morgan fingerprint density at radius 1 is 1.26 bits per heavy atom. The van der Waals surface area contributed by atoms with Crippen LogP contribution in [-0.4, -0.2) is 43.7 Å². The van der Waals surface area contributed by atoms with E-state index < -0.39 is 10.0 Å². The average Bonchev–Trinajstić information content (AvgIpc) is 2.46. The monoisotopic (exact) mass is 340 g/mol. The quantitative estimate of drug-likeness (QED) is 0.826. The van der Waals surface area contributed by atoms with Crippen LogP contribution in [0, 0.1) is 5.92 Å². The zero-order valence-corrected chi connectivity index (χ0v) is 15.4. The van der Waals surface area contributed by atoms with E-state index >= 15 is 0 Å². The molecule has 0 aromatic carbocycles. The molecular formula is C17H28N2O3S. The van der Waals surface area contributed by atoms with E-state index in [-0.39, 0.29) is 5.41 Å². The van der Waals surface area contributed by atoms with E-state index in [9.17, 15) is 8.42 Å². The van der Waals surface area contributed by atoms with Crippen LogP contribution in [0.2, 0.25) is 0 Å². The number of sulfonamides is 1. The number of ether oxygens (including phenoxy) is 1. The molecule has 1 aliphatic heterocycles. The van der Waals surface area contributed by atoms with Crippen LogP contribution in [0.15, 0.2) is 18.3 Å². The molecule has 0 bridgehead atoms. The van der Waals surface area contributed by atoms with E-state index in [2.05, 4.69) is 25.8 Å². The summed E-state index contributed by atoms with van der Waals surface area (Å²) < 4.78 is 31.1. The minimum Gasteiger partial charge on any atom is -0.381 e. The maximum absolute atomic E-state index is 12.1. The van der Waals surface area contributed by atoms with Crippen molar-refractivity contribution in [1.82, 2.24) is 9.29 Å². The van der Waals surface area contributed by atoms with Gasteiger partial charge in [0.15, 0.2) is 0 Å². The summed E-state index contributed by atoms with van der Waals surface area (Å²) in [5.74, 6) is 0.375. The first-order valence-corrected chi connectivity index (χ1v) is 9.99. The van der Waals surface area contributed by atoms with Crippen LogP contribution in [0.5, 0.6) is 0 Å². The molecule has 0 atom stereocenters. The van der Waals surface area contributed by atoms with Crippen LogP contribution >= 0.6 is 0 Å². The van der Waals surface area contributed by atoms with Gasteiger partial charge in [-0.3, -0.25) is 4.98 Å². The van der Waals surface area contributed by atoms with Gasteiger partial charge in [0, 0.05) is 43.6 Å². The molecule has 1 saturated heterocycles. The van der Waals surface area contributed by atoms with Crippen molar-refractivity contribution in [3.05, 3.63) is 29.6 Å². The summed E-state index contributed by atoms with van der Waals surface area (Å²) in [7, 11) is -3.24. The van der Waals surface area contributed by atoms with Gasteiger partial charge >= 0.3 is 0 Å². The van der Waals surface area contributed by atoms with E-state index in [1.165, 1.54) is 6.26 Å². The minimum atomic E-state index is -3.24. The molecule has 1 fully saturated rings. The largest absolute Gasteiger partial charge is 0.381 e. The second-order valence-corrected chi connectivity index (χ2v) is 9.40. The van der Waals surface area contributed by atoms with Gasteiger partial charge in [0.2, 0.25) is 10.0 Å². The highest BCUT2D eigenvalue weighted by Crippen LogP contribution is 2.22. The maximum atomic E-state index is 12.1. The molecule has 0 unspecified atom stereocenters. The molecule has 5 nitrogen and oxygen atoms in total. The van der Waals surface area contributed by atoms with Gasteiger partial charge in [-0.15, -0.1) is 0 Å². The first kappa shape index (κ1) is 18.4. The Bertz CT molecular complexity index is 600. The van der Waals surface area contributed by atoms with Crippen LogP contribution in [-0.2, 0) is 26.7 Å². The van der Waals surface area contributed by atoms with Crippen molar-refractivity contribution in [2.24, 2.45) is 5.92 Å². The van der Waals surface area contributed by atoms with E-state index in [0.29, 0.717) is 19.0 Å². The van der Waals surface area contributed by atoms with Crippen LogP contribution in [0.1, 0.15) is 44.9 Å². The summed E-state index contributed by atoms with van der Waals surface area (Å²) in [4.78, 5) is 4.49. The van der Waals surface area contributed by atoms with E-state index in [0.717, 1.165) is 37.3 Å². The highest BCUT2D eigenvalue weighted by Gasteiger charge is 2.24. The predicted octanol–water partition coefficient (Wildman–Crippen LogP) is 2.57. The molecule has 130 valence electrons. The third kappa shape index (κ3) is 5.55. The second-order valence-electron chi connectivity index (χ2n) is 7.41. The lowest BCUT2D eigenvalue weighted by molar-refractivity contribution is 0.0601. The number of aromatic nitrogens is 1. The van der Waals surface area contributed by atoms with E-state index in [4.69, 9.17) is 4.74 Å². The smallest absolute Gasteiger partial charge is 0.211 e. The molecule has 2 heterocycles. The topological polar surface area (TPSA) is 59.5 Å². The fourth-order valence-electron chi connectivity index (χ4n) is 2.70. The van der Waals surface area contributed by atoms with Gasteiger partial charge in [-0.1, -0.05) is 26.8 Å². The summed E-state index contributed by atoms with van der Waals surface area (Å²) >= 11 is 0. The number of pyridine rings is 1. The van der Waals surface area contributed by atoms with Crippen LogP contribution < -0.4 is 0 Å². The molecule has 1 aromatic rings. The lowest BCUT2D eigenvalue weighted by atomic mass is 9.91. The molecule has 0 saturated carbocycles. The molecule has 1 aromatic heterocycles. The highest BCUT2D eigenvalue weighted by atomic mass is 32.2. The lowest BCUT2D eigenvalue weighted by Crippen LogP contribution is -2.36. The lowest BCUT2D eigenvalue weighted by Gasteiger charge is -2.28. The predicted molar refractivity (Wildman–Crippen MR) is 91.7 cm³/mol. The van der Waals surface area contributed by atoms with Crippen molar-refractivity contribution in [1.29, 1.82) is 0 Å². The molecular weight excluding hydrogens is 312 g/mol. The van der Waals surface area contributed by atoms with Gasteiger partial charge in [0.25, 0.3) is 0 Å². The molecule has 1 aliphatic rings. The Labute approximate surface area is 140 Å². The van der Waals surface area contributed by atoms with Gasteiger partial charge in [-0.05, 0) is 30.4 Å². The molecule has 2 rings (SSSR count). The molecule has 23 heavy (non-hydrogen) atoms. The molecule has 0 radical (unpaired) electrons. The zero-order chi connectivity index (χ0) is 17.1. The van der Waals surface area contributed by atoms with E-state index in [1.807, 2.05) is 12.1 Å². The standard InChI is InChI=1S/C17H28N2O3S/c1-17(2,3)16-6-5-15(11-18-16)13-19(23(4,20)21)12-14-7-9-22-10-8-14/h5-6,11,14H,7-10,12-13H2,1-4H3. The zero-order valence-electron chi connectivity index (χ0n) is 14.6. The second kappa shape index (κ2) is 7.28. The molecule has 0 amide bonds. The Kier molecular flexibility index (Phi) is 5.81. The van der Waals surface area contributed by atoms with Crippen molar-refractivity contribution in [2.75, 3.05) is 26.0 Å². The van der Waals surface area contributed by atoms with Crippen molar-refractivity contribution in [3.8, 4) is 0 Å². The SMILES string of the molecule is CC(C)(C)c1ccc(CN(CC2CCOCC2)S(C)(=O)=O)cn1. The van der Waals surface area contributed by atoms with Gasteiger partial charge in [0.05, 0.1) is 6.26 Å². The van der Waals surface area contributed by atoms with Crippen LogP contribution in [0.4, 0.5) is 0 Å². The Hall–Kier alpha value is -0.980. The maximum Gasteiger partial charge on any atom is 0.211 e. The van der Waals surface area contributed by atoms with Gasteiger partial charge in [0.1, 0.15) is 0 Å². The number of hydrogen-bond donors (Lipinski definition) is 0. The van der Waals surface area contributed by atoms with Crippen LogP contribution in [0.3, 0.4) is 0 Å². The third-order valence-electron chi connectivity index (χ3n) is 4.22. The number of rotatable bonds is 5. The van der Waals surface area contributed by atoms with Gasteiger partial charge in [-0.2, -0.15) is 4.31 Å². The van der Waals surface area contributed by atoms with Crippen LogP contribution in [0.25, 0.3) is 0 Å². The normalized spacial score (nSPS) is 17.6. The van der Waals surface area contributed by atoms with E-state index in [1.54, 1.807) is 10.5 Å². The first-order chi connectivity index (χ1) is 10.7. The van der Waals surface area contributed by atoms with Crippen molar-refractivity contribution in [3.63, 3.8) is 0 Å². The first-order valence-electron chi connectivity index (χ1n) is 8.14. The Morgan fingerprint density at radius 2 is 1.91 bits per heavy atom. The molecule has 0 aliphatic carbocycles. The fourth-order valence-corrected chi connectivity index (χ4v) is 3.56. The van der Waals surface area contributed by atoms with Crippen molar-refractivity contribution >= 4 is 10.0 Å². The summed E-state index contributed by atoms with van der Waals surface area (Å²) in [5.41, 5.74) is 1.93. The summed E-state index contributed by atoms with van der Waals surface area (Å²) in [6.45, 7) is 8.74. The Morgan fingerprint density at radius 3 is 2.39 bits per heavy atom. The summed E-state index contributed by atoms with van der Waals surface area (Å²) in [6, 6.07) is 3.97. The number of nitrogens with zero attached hydrogens (tertiary/aromatic N) is 2. The minimum absolute atomic E-state index is 0.00283. The van der Waals surface area contributed by atoms with Gasteiger partial charge in [-0.25, -0.2) is 8.42 Å². The average molecular weight is 340 g/mol. The van der Waals surface area contributed by atoms with Crippen molar-refractivity contribution < 1.29 is 13.2 Å². The van der Waals surface area contributed by atoms with Crippen molar-refractivity contribution in [2.45, 2.75) is 45.6 Å². The molecule has 0 spiro atoms. The van der Waals surface area contributed by atoms with Gasteiger partial charge < -0.3 is 4.74 Å². The fraction of sp³-hybridized carbons (Fsp3) is 0.706. The molecule has 0 N–H and O–H groups in total. The summed E-state index contributed by atoms with van der Waals surface area (Å²) in [5, 5.41) is 0. The third-order valence-corrected chi connectivity index (χ3v) is 5.44. The number of hydrogen-bond acceptors (Lipinski definition) is 4. The Balaban J connectivity index is 2.08. The highest BCUT2D eigenvalue weighted by molar-refractivity contribution is 7.88.